The van der Waals surface area contributed by atoms with Gasteiger partial charge in [0.15, 0.2) is 23.3 Å². The Bertz CT molecular complexity index is 1290. The number of anilines is 1. The molecule has 0 bridgehead atoms. The van der Waals surface area contributed by atoms with Crippen LogP contribution in [0.5, 0.6) is 0 Å². The maximum absolute atomic E-state index is 13.8. The number of rotatable bonds is 5. The highest BCUT2D eigenvalue weighted by Gasteiger charge is 2.25. The van der Waals surface area contributed by atoms with Crippen LogP contribution in [0.2, 0.25) is 5.02 Å². The molecular formula is C22H13ClF5N3. The molecule has 0 saturated heterocycles. The molecule has 158 valence electrons. The van der Waals surface area contributed by atoms with E-state index in [1.807, 2.05) is 46.4 Å². The molecule has 1 aromatic heterocycles. The molecule has 0 aliphatic carbocycles. The van der Waals surface area contributed by atoms with Crippen LogP contribution in [0.15, 0.2) is 59.8 Å². The Balaban J connectivity index is 1.67. The quantitative estimate of drug-likeness (QED) is 0.122. The number of aromatic nitrogens is 1. The van der Waals surface area contributed by atoms with Crippen LogP contribution >= 0.6 is 11.6 Å². The summed E-state index contributed by atoms with van der Waals surface area (Å²) in [7, 11) is 0. The Hall–Kier alpha value is -3.39. The molecule has 0 fully saturated rings. The number of hydrogen-bond acceptors (Lipinski definition) is 2. The van der Waals surface area contributed by atoms with Crippen LogP contribution in [0.25, 0.3) is 10.9 Å². The molecule has 4 aromatic rings. The fourth-order valence-corrected chi connectivity index (χ4v) is 3.38. The molecule has 1 N–H and O–H groups in total. The van der Waals surface area contributed by atoms with Crippen molar-refractivity contribution in [1.82, 2.24) is 4.57 Å². The zero-order valence-corrected chi connectivity index (χ0v) is 16.4. The highest BCUT2D eigenvalue weighted by molar-refractivity contribution is 6.31. The molecule has 31 heavy (non-hydrogen) atoms. The van der Waals surface area contributed by atoms with Crippen LogP contribution in [-0.4, -0.2) is 10.8 Å². The standard InChI is InChI=1S/C22H13ClF5N3/c23-15-7-3-1-5-12(15)10-31-11-13(14-6-2-4-8-16(14)31)9-29-30-22-20(27)18(25)17(24)19(26)21(22)28/h1-9,11,30H,10H2. The second kappa shape index (κ2) is 8.39. The monoisotopic (exact) mass is 449 g/mol. The highest BCUT2D eigenvalue weighted by Crippen LogP contribution is 2.27. The number of hydrogen-bond donors (Lipinski definition) is 1. The lowest BCUT2D eigenvalue weighted by Crippen LogP contribution is -2.06. The predicted molar refractivity (Wildman–Crippen MR) is 110 cm³/mol. The van der Waals surface area contributed by atoms with Gasteiger partial charge < -0.3 is 4.57 Å². The van der Waals surface area contributed by atoms with Crippen molar-refractivity contribution < 1.29 is 22.0 Å². The first-order valence-electron chi connectivity index (χ1n) is 9.00. The summed E-state index contributed by atoms with van der Waals surface area (Å²) in [4.78, 5) is 0. The summed E-state index contributed by atoms with van der Waals surface area (Å²) < 4.78 is 69.3. The van der Waals surface area contributed by atoms with Crippen LogP contribution in [-0.2, 0) is 6.54 Å². The number of nitrogens with one attached hydrogen (secondary N) is 1. The minimum Gasteiger partial charge on any atom is -0.342 e. The molecular weight excluding hydrogens is 437 g/mol. The molecule has 0 amide bonds. The van der Waals surface area contributed by atoms with Crippen molar-refractivity contribution in [1.29, 1.82) is 0 Å². The van der Waals surface area contributed by atoms with Crippen molar-refractivity contribution in [3.05, 3.63) is 100.0 Å². The lowest BCUT2D eigenvalue weighted by molar-refractivity contribution is 0.381. The minimum absolute atomic E-state index is 0.457. The first kappa shape index (κ1) is 20.9. The Morgan fingerprint density at radius 1 is 0.839 bits per heavy atom. The minimum atomic E-state index is -2.23. The van der Waals surface area contributed by atoms with Gasteiger partial charge in [-0.05, 0) is 17.7 Å². The fraction of sp³-hybridized carbons (Fsp3) is 0.0455. The molecule has 0 aliphatic heterocycles. The third-order valence-corrected chi connectivity index (χ3v) is 5.08. The van der Waals surface area contributed by atoms with Gasteiger partial charge in [0.1, 0.15) is 5.69 Å². The van der Waals surface area contributed by atoms with Gasteiger partial charge in [0.25, 0.3) is 0 Å². The largest absolute Gasteiger partial charge is 0.342 e. The molecule has 9 heteroatoms. The zero-order valence-electron chi connectivity index (χ0n) is 15.6. The first-order chi connectivity index (χ1) is 14.9. The van der Waals surface area contributed by atoms with Crippen molar-refractivity contribution in [2.45, 2.75) is 6.54 Å². The van der Waals surface area contributed by atoms with Gasteiger partial charge in [-0.1, -0.05) is 48.0 Å². The van der Waals surface area contributed by atoms with E-state index in [2.05, 4.69) is 5.10 Å². The molecule has 0 atom stereocenters. The van der Waals surface area contributed by atoms with Crippen molar-refractivity contribution in [2.75, 3.05) is 5.43 Å². The molecule has 0 unspecified atom stereocenters. The Morgan fingerprint density at radius 2 is 1.45 bits per heavy atom. The fourth-order valence-electron chi connectivity index (χ4n) is 3.19. The summed E-state index contributed by atoms with van der Waals surface area (Å²) in [6.45, 7) is 0.457. The summed E-state index contributed by atoms with van der Waals surface area (Å²) in [5, 5.41) is 5.06. The lowest BCUT2D eigenvalue weighted by Gasteiger charge is -2.07. The average molecular weight is 450 g/mol. The van der Waals surface area contributed by atoms with E-state index in [4.69, 9.17) is 11.6 Å². The van der Waals surface area contributed by atoms with Gasteiger partial charge in [-0.2, -0.15) is 5.10 Å². The van der Waals surface area contributed by atoms with E-state index < -0.39 is 34.8 Å². The lowest BCUT2D eigenvalue weighted by atomic mass is 10.2. The van der Waals surface area contributed by atoms with Crippen LogP contribution in [0.4, 0.5) is 27.6 Å². The van der Waals surface area contributed by atoms with E-state index >= 15 is 0 Å². The first-order valence-corrected chi connectivity index (χ1v) is 9.38. The summed E-state index contributed by atoms with van der Waals surface area (Å²) in [6, 6.07) is 14.7. The van der Waals surface area contributed by atoms with Gasteiger partial charge in [0, 0.05) is 34.2 Å². The van der Waals surface area contributed by atoms with E-state index in [9.17, 15) is 22.0 Å². The van der Waals surface area contributed by atoms with Crippen LogP contribution in [0, 0.1) is 29.1 Å². The summed E-state index contributed by atoms with van der Waals surface area (Å²) >= 11 is 6.24. The topological polar surface area (TPSA) is 29.3 Å². The number of nitrogens with zero attached hydrogens (tertiary/aromatic N) is 2. The van der Waals surface area contributed by atoms with Crippen molar-refractivity contribution >= 4 is 34.4 Å². The van der Waals surface area contributed by atoms with Crippen molar-refractivity contribution in [2.24, 2.45) is 5.10 Å². The normalized spacial score (nSPS) is 11.5. The van der Waals surface area contributed by atoms with Gasteiger partial charge in [0.2, 0.25) is 5.82 Å². The summed E-state index contributed by atoms with van der Waals surface area (Å²) in [6.07, 6.45) is 2.99. The van der Waals surface area contributed by atoms with Crippen LogP contribution in [0.1, 0.15) is 11.1 Å². The highest BCUT2D eigenvalue weighted by atomic mass is 35.5. The van der Waals surface area contributed by atoms with E-state index in [0.717, 1.165) is 16.5 Å². The van der Waals surface area contributed by atoms with Crippen LogP contribution < -0.4 is 5.43 Å². The predicted octanol–water partition coefficient (Wildman–Crippen LogP) is 6.48. The van der Waals surface area contributed by atoms with Crippen molar-refractivity contribution in [3.8, 4) is 0 Å². The molecule has 4 rings (SSSR count). The van der Waals surface area contributed by atoms with Gasteiger partial charge in [0.05, 0.1) is 6.21 Å². The maximum atomic E-state index is 13.8. The van der Waals surface area contributed by atoms with Gasteiger partial charge in [-0.15, -0.1) is 0 Å². The average Bonchev–Trinajstić information content (AvgIpc) is 3.12. The number of hydrazone groups is 1. The van der Waals surface area contributed by atoms with Crippen LogP contribution in [0.3, 0.4) is 0 Å². The molecule has 1 heterocycles. The van der Waals surface area contributed by atoms with Crippen molar-refractivity contribution in [3.63, 3.8) is 0 Å². The van der Waals surface area contributed by atoms with E-state index in [0.29, 0.717) is 17.1 Å². The molecule has 3 aromatic carbocycles. The Kier molecular flexibility index (Phi) is 5.65. The Labute approximate surface area is 178 Å². The van der Waals surface area contributed by atoms with E-state index in [-0.39, 0.29) is 0 Å². The second-order valence-corrected chi connectivity index (χ2v) is 7.04. The molecule has 0 saturated carbocycles. The number of benzene rings is 3. The van der Waals surface area contributed by atoms with E-state index in [1.54, 1.807) is 18.3 Å². The summed E-state index contributed by atoms with van der Waals surface area (Å²) in [5.74, 6) is -10.3. The van der Waals surface area contributed by atoms with E-state index in [1.165, 1.54) is 6.21 Å². The van der Waals surface area contributed by atoms with Gasteiger partial charge in [-0.25, -0.2) is 22.0 Å². The molecule has 0 radical (unpaired) electrons. The zero-order chi connectivity index (χ0) is 22.1. The third kappa shape index (κ3) is 3.86. The smallest absolute Gasteiger partial charge is 0.200 e. The number of halogens is 6. The molecule has 3 nitrogen and oxygen atoms in total. The molecule has 0 aliphatic rings. The van der Waals surface area contributed by atoms with Gasteiger partial charge >= 0.3 is 0 Å². The number of fused-ring (bicyclic) bond motifs is 1. The third-order valence-electron chi connectivity index (χ3n) is 4.71. The summed E-state index contributed by atoms with van der Waals surface area (Å²) in [5.41, 5.74) is 2.98. The molecule has 0 spiro atoms. The Morgan fingerprint density at radius 3 is 2.16 bits per heavy atom. The van der Waals surface area contributed by atoms with Gasteiger partial charge in [-0.3, -0.25) is 5.43 Å². The maximum Gasteiger partial charge on any atom is 0.200 e. The SMILES string of the molecule is Fc1c(F)c(F)c(NN=Cc2cn(Cc3ccccc3Cl)c3ccccc23)c(F)c1F. The second-order valence-electron chi connectivity index (χ2n) is 6.64. The number of para-hydroxylation sites is 1.